The minimum atomic E-state index is 0.774. The molecule has 0 saturated carbocycles. The lowest BCUT2D eigenvalue weighted by atomic mass is 10.0. The lowest BCUT2D eigenvalue weighted by Crippen LogP contribution is -1.98. The maximum absolute atomic E-state index is 5.83. The average molecular weight is 435 g/mol. The van der Waals surface area contributed by atoms with Crippen molar-refractivity contribution in [1.29, 1.82) is 0 Å². The number of methoxy groups -OCH3 is 2. The number of H-pyrrole nitrogens is 1. The molecule has 6 aromatic rings. The molecule has 0 saturated heterocycles. The number of aromatic amines is 1. The summed E-state index contributed by atoms with van der Waals surface area (Å²) in [5, 5.41) is 0.979. The number of fused-ring (bicyclic) bond motifs is 4. The van der Waals surface area contributed by atoms with Crippen LogP contribution in [0.5, 0.6) is 11.5 Å². The SMILES string of the molecule is COc1ccc(-n2c(C)nc3cnc4cc(-c5ccc6nc[nH]c6c5)c(OC)cc4c32)cc1. The van der Waals surface area contributed by atoms with E-state index in [1.807, 2.05) is 43.5 Å². The van der Waals surface area contributed by atoms with E-state index in [0.29, 0.717) is 0 Å². The van der Waals surface area contributed by atoms with E-state index in [1.165, 1.54) is 0 Å². The van der Waals surface area contributed by atoms with Crippen molar-refractivity contribution >= 4 is 33.0 Å². The molecule has 0 aliphatic rings. The van der Waals surface area contributed by atoms with Gasteiger partial charge in [-0.3, -0.25) is 9.55 Å². The van der Waals surface area contributed by atoms with E-state index in [-0.39, 0.29) is 0 Å². The number of rotatable bonds is 4. The molecule has 1 N–H and O–H groups in total. The van der Waals surface area contributed by atoms with Gasteiger partial charge in [0.15, 0.2) is 0 Å². The molecule has 0 amide bonds. The van der Waals surface area contributed by atoms with Gasteiger partial charge in [0.2, 0.25) is 0 Å². The fourth-order valence-electron chi connectivity index (χ4n) is 4.44. The normalized spacial score (nSPS) is 11.5. The molecule has 6 rings (SSSR count). The molecular weight excluding hydrogens is 414 g/mol. The number of nitrogens with zero attached hydrogens (tertiary/aromatic N) is 4. The summed E-state index contributed by atoms with van der Waals surface area (Å²) in [7, 11) is 3.36. The van der Waals surface area contributed by atoms with Gasteiger partial charge in [0, 0.05) is 16.6 Å². The van der Waals surface area contributed by atoms with Crippen molar-refractivity contribution in [3.8, 4) is 28.3 Å². The molecule has 0 unspecified atom stereocenters. The van der Waals surface area contributed by atoms with Crippen molar-refractivity contribution in [2.75, 3.05) is 14.2 Å². The fourth-order valence-corrected chi connectivity index (χ4v) is 4.44. The van der Waals surface area contributed by atoms with Crippen LogP contribution in [0.3, 0.4) is 0 Å². The molecule has 0 bridgehead atoms. The Morgan fingerprint density at radius 1 is 0.848 bits per heavy atom. The second kappa shape index (κ2) is 7.34. The summed E-state index contributed by atoms with van der Waals surface area (Å²) in [6.07, 6.45) is 3.53. The minimum Gasteiger partial charge on any atom is -0.497 e. The van der Waals surface area contributed by atoms with Crippen LogP contribution in [0.2, 0.25) is 0 Å². The number of aromatic nitrogens is 5. The molecule has 33 heavy (non-hydrogen) atoms. The van der Waals surface area contributed by atoms with Gasteiger partial charge in [0.1, 0.15) is 22.8 Å². The first-order valence-corrected chi connectivity index (χ1v) is 10.6. The predicted octanol–water partition coefficient (Wildman–Crippen LogP) is 5.44. The Morgan fingerprint density at radius 2 is 1.70 bits per heavy atom. The number of benzene rings is 3. The predicted molar refractivity (Wildman–Crippen MR) is 129 cm³/mol. The zero-order valence-electron chi connectivity index (χ0n) is 18.5. The van der Waals surface area contributed by atoms with Crippen molar-refractivity contribution in [3.05, 3.63) is 72.9 Å². The van der Waals surface area contributed by atoms with Crippen molar-refractivity contribution in [3.63, 3.8) is 0 Å². The Kier molecular flexibility index (Phi) is 4.29. The number of imidazole rings is 2. The van der Waals surface area contributed by atoms with Gasteiger partial charge in [-0.05, 0) is 61.0 Å². The van der Waals surface area contributed by atoms with Crippen molar-refractivity contribution in [1.82, 2.24) is 24.5 Å². The van der Waals surface area contributed by atoms with Crippen LogP contribution in [-0.2, 0) is 0 Å². The average Bonchev–Trinajstić information content (AvgIpc) is 3.46. The summed E-state index contributed by atoms with van der Waals surface area (Å²) >= 11 is 0. The maximum Gasteiger partial charge on any atom is 0.127 e. The topological polar surface area (TPSA) is 77.9 Å². The van der Waals surface area contributed by atoms with E-state index in [1.54, 1.807) is 20.5 Å². The van der Waals surface area contributed by atoms with Gasteiger partial charge in [0.05, 0.1) is 48.8 Å². The summed E-state index contributed by atoms with van der Waals surface area (Å²) in [6.45, 7) is 2.00. The van der Waals surface area contributed by atoms with E-state index in [9.17, 15) is 0 Å². The van der Waals surface area contributed by atoms with E-state index in [2.05, 4.69) is 38.8 Å². The van der Waals surface area contributed by atoms with E-state index in [4.69, 9.17) is 19.4 Å². The maximum atomic E-state index is 5.83. The van der Waals surface area contributed by atoms with Crippen LogP contribution in [-0.4, -0.2) is 38.7 Å². The van der Waals surface area contributed by atoms with E-state index >= 15 is 0 Å². The first-order valence-electron chi connectivity index (χ1n) is 10.6. The molecule has 0 atom stereocenters. The number of hydrogen-bond acceptors (Lipinski definition) is 5. The Bertz CT molecular complexity index is 1650. The summed E-state index contributed by atoms with van der Waals surface area (Å²) in [5.74, 6) is 2.47. The van der Waals surface area contributed by atoms with Crippen LogP contribution >= 0.6 is 0 Å². The highest BCUT2D eigenvalue weighted by molar-refractivity contribution is 6.05. The molecule has 3 heterocycles. The van der Waals surface area contributed by atoms with Crippen LogP contribution in [0.25, 0.3) is 49.8 Å². The summed E-state index contributed by atoms with van der Waals surface area (Å²) in [5.41, 5.74) is 7.63. The van der Waals surface area contributed by atoms with Gasteiger partial charge >= 0.3 is 0 Å². The van der Waals surface area contributed by atoms with Gasteiger partial charge in [-0.2, -0.15) is 0 Å². The Morgan fingerprint density at radius 3 is 2.48 bits per heavy atom. The van der Waals surface area contributed by atoms with Crippen molar-refractivity contribution in [2.45, 2.75) is 6.92 Å². The van der Waals surface area contributed by atoms with Gasteiger partial charge < -0.3 is 14.5 Å². The number of ether oxygens (including phenoxy) is 2. The second-order valence-electron chi connectivity index (χ2n) is 7.89. The smallest absolute Gasteiger partial charge is 0.127 e. The Labute approximate surface area is 189 Å². The number of nitrogens with one attached hydrogen (secondary N) is 1. The molecule has 3 aromatic carbocycles. The third kappa shape index (κ3) is 3.01. The van der Waals surface area contributed by atoms with Crippen LogP contribution in [0, 0.1) is 6.92 Å². The van der Waals surface area contributed by atoms with Crippen molar-refractivity contribution < 1.29 is 9.47 Å². The molecule has 0 spiro atoms. The van der Waals surface area contributed by atoms with Crippen LogP contribution in [0.15, 0.2) is 67.1 Å². The molecule has 0 radical (unpaired) electrons. The Balaban J connectivity index is 1.61. The molecule has 162 valence electrons. The summed E-state index contributed by atoms with van der Waals surface area (Å²) < 4.78 is 13.3. The lowest BCUT2D eigenvalue weighted by Gasteiger charge is -2.13. The zero-order valence-corrected chi connectivity index (χ0v) is 18.5. The molecule has 7 nitrogen and oxygen atoms in total. The number of aryl methyl sites for hydroxylation is 1. The van der Waals surface area contributed by atoms with E-state index in [0.717, 1.165) is 67.1 Å². The van der Waals surface area contributed by atoms with Gasteiger partial charge in [0.25, 0.3) is 0 Å². The van der Waals surface area contributed by atoms with Crippen LogP contribution < -0.4 is 9.47 Å². The molecular formula is C26H21N5O2. The largest absolute Gasteiger partial charge is 0.497 e. The Hall–Kier alpha value is -4.39. The quantitative estimate of drug-likeness (QED) is 0.399. The highest BCUT2D eigenvalue weighted by Gasteiger charge is 2.17. The third-order valence-corrected chi connectivity index (χ3v) is 6.03. The van der Waals surface area contributed by atoms with Gasteiger partial charge in [-0.15, -0.1) is 0 Å². The lowest BCUT2D eigenvalue weighted by molar-refractivity contribution is 0.414. The molecule has 3 aromatic heterocycles. The van der Waals surface area contributed by atoms with Crippen LogP contribution in [0.4, 0.5) is 0 Å². The molecule has 0 aliphatic carbocycles. The first kappa shape index (κ1) is 19.3. The van der Waals surface area contributed by atoms with E-state index < -0.39 is 0 Å². The molecule has 7 heteroatoms. The fraction of sp³-hybridized carbons (Fsp3) is 0.115. The molecule has 0 fully saturated rings. The highest BCUT2D eigenvalue weighted by Crippen LogP contribution is 2.37. The standard InChI is InChI=1S/C26H21N5O2/c1-15-30-24-13-27-22-11-19(16-4-9-21-23(10-16)29-14-28-21)25(33-3)12-20(22)26(24)31(15)17-5-7-18(32-2)8-6-17/h4-14H,1-3H3,(H,28,29). The minimum absolute atomic E-state index is 0.774. The van der Waals surface area contributed by atoms with Crippen LogP contribution in [0.1, 0.15) is 5.82 Å². The summed E-state index contributed by atoms with van der Waals surface area (Å²) in [6, 6.07) is 18.2. The van der Waals surface area contributed by atoms with Crippen molar-refractivity contribution in [2.24, 2.45) is 0 Å². The van der Waals surface area contributed by atoms with Gasteiger partial charge in [-0.1, -0.05) is 6.07 Å². The van der Waals surface area contributed by atoms with Gasteiger partial charge in [-0.25, -0.2) is 9.97 Å². The number of pyridine rings is 1. The monoisotopic (exact) mass is 435 g/mol. The second-order valence-corrected chi connectivity index (χ2v) is 7.89. The zero-order chi connectivity index (χ0) is 22.5. The summed E-state index contributed by atoms with van der Waals surface area (Å²) in [4.78, 5) is 17.0. The first-order chi connectivity index (χ1) is 16.2. The molecule has 0 aliphatic heterocycles. The number of hydrogen-bond donors (Lipinski definition) is 1. The highest BCUT2D eigenvalue weighted by atomic mass is 16.5. The third-order valence-electron chi connectivity index (χ3n) is 6.03.